The Bertz CT molecular complexity index is 1440. The number of nitrogens with zero attached hydrogens (tertiary/aromatic N) is 2. The number of fused-ring (bicyclic) bond motifs is 1. The predicted molar refractivity (Wildman–Crippen MR) is 144 cm³/mol. The Kier molecular flexibility index (Phi) is 7.31. The summed E-state index contributed by atoms with van der Waals surface area (Å²) in [5.74, 6) is 0.0356. The van der Waals surface area contributed by atoms with Crippen molar-refractivity contribution in [3.8, 4) is 11.5 Å². The van der Waals surface area contributed by atoms with Gasteiger partial charge in [-0.15, -0.1) is 0 Å². The number of aromatic nitrogens is 2. The lowest BCUT2D eigenvalue weighted by Gasteiger charge is -2.34. The van der Waals surface area contributed by atoms with Gasteiger partial charge in [0, 0.05) is 24.4 Å². The highest BCUT2D eigenvalue weighted by Gasteiger charge is 2.32. The molecule has 4 aromatic rings. The van der Waals surface area contributed by atoms with E-state index in [1.807, 2.05) is 30.5 Å². The summed E-state index contributed by atoms with van der Waals surface area (Å²) in [6.07, 6.45) is 5.22. The maximum Gasteiger partial charge on any atom is 0.274 e. The Labute approximate surface area is 221 Å². The monoisotopic (exact) mass is 508 g/mol. The van der Waals surface area contributed by atoms with Crippen molar-refractivity contribution in [2.24, 2.45) is 0 Å². The number of carbonyl (C=O) groups is 2. The number of pyridine rings is 2. The van der Waals surface area contributed by atoms with Crippen molar-refractivity contribution in [1.29, 1.82) is 0 Å². The molecular weight excluding hydrogens is 480 g/mol. The normalized spacial score (nSPS) is 16.2. The maximum absolute atomic E-state index is 13.4. The summed E-state index contributed by atoms with van der Waals surface area (Å²) in [6, 6.07) is 22.1. The zero-order valence-corrected chi connectivity index (χ0v) is 21.2. The first kappa shape index (κ1) is 25.0. The predicted octanol–water partition coefficient (Wildman–Crippen LogP) is 4.62. The zero-order chi connectivity index (χ0) is 26.5. The highest BCUT2D eigenvalue weighted by Crippen LogP contribution is 2.37. The van der Waals surface area contributed by atoms with E-state index in [2.05, 4.69) is 32.7 Å². The second-order valence-corrected chi connectivity index (χ2v) is 8.98. The number of anilines is 1. The molecule has 0 aliphatic heterocycles. The van der Waals surface area contributed by atoms with Crippen LogP contribution in [0.5, 0.6) is 11.5 Å². The lowest BCUT2D eigenvalue weighted by molar-refractivity contribution is 0.0924. The van der Waals surface area contributed by atoms with E-state index in [1.54, 1.807) is 42.6 Å². The number of nitrogens with one attached hydrogen (secondary N) is 2. The Morgan fingerprint density at radius 2 is 1.55 bits per heavy atom. The van der Waals surface area contributed by atoms with E-state index in [0.717, 1.165) is 18.4 Å². The van der Waals surface area contributed by atoms with Gasteiger partial charge in [-0.2, -0.15) is 0 Å². The number of benzene rings is 2. The number of hydrogen-bond acceptors (Lipinski definition) is 6. The van der Waals surface area contributed by atoms with E-state index in [9.17, 15) is 9.59 Å². The lowest BCUT2D eigenvalue weighted by Crippen LogP contribution is -2.42. The minimum atomic E-state index is -0.484. The Morgan fingerprint density at radius 3 is 2.26 bits per heavy atom. The van der Waals surface area contributed by atoms with Crippen molar-refractivity contribution >= 4 is 17.5 Å². The van der Waals surface area contributed by atoms with Crippen LogP contribution in [0.1, 0.15) is 50.0 Å². The number of methoxy groups -OCH3 is 2. The van der Waals surface area contributed by atoms with Gasteiger partial charge in [-0.25, -0.2) is 4.98 Å². The number of rotatable bonds is 7. The van der Waals surface area contributed by atoms with E-state index in [1.165, 1.54) is 25.3 Å². The van der Waals surface area contributed by atoms with E-state index in [-0.39, 0.29) is 29.3 Å². The largest absolute Gasteiger partial charge is 0.494 e. The average molecular weight is 509 g/mol. The Morgan fingerprint density at radius 1 is 0.842 bits per heavy atom. The van der Waals surface area contributed by atoms with Crippen molar-refractivity contribution in [1.82, 2.24) is 15.3 Å². The van der Waals surface area contributed by atoms with E-state index >= 15 is 0 Å². The molecule has 5 rings (SSSR count). The van der Waals surface area contributed by atoms with E-state index in [0.29, 0.717) is 17.2 Å². The molecular formula is C30H28N4O4. The minimum Gasteiger partial charge on any atom is -0.494 e. The van der Waals surface area contributed by atoms with Gasteiger partial charge >= 0.3 is 0 Å². The fourth-order valence-corrected chi connectivity index (χ4v) is 4.97. The molecule has 1 aliphatic rings. The summed E-state index contributed by atoms with van der Waals surface area (Å²) in [5, 5.41) is 5.97. The van der Waals surface area contributed by atoms with E-state index in [4.69, 9.17) is 9.47 Å². The summed E-state index contributed by atoms with van der Waals surface area (Å²) in [7, 11) is 3.02. The molecule has 1 aliphatic carbocycles. The molecule has 2 aromatic heterocycles. The number of hydrogen-bond donors (Lipinski definition) is 2. The summed E-state index contributed by atoms with van der Waals surface area (Å²) < 4.78 is 10.7. The minimum absolute atomic E-state index is 0.0397. The quantitative estimate of drug-likeness (QED) is 0.378. The van der Waals surface area contributed by atoms with Crippen LogP contribution in [0.25, 0.3) is 0 Å². The molecule has 8 heteroatoms. The van der Waals surface area contributed by atoms with Crippen molar-refractivity contribution in [3.63, 3.8) is 0 Å². The third kappa shape index (κ3) is 5.06. The molecule has 2 aromatic carbocycles. The third-order valence-electron chi connectivity index (χ3n) is 6.76. The first-order chi connectivity index (χ1) is 18.6. The lowest BCUT2D eigenvalue weighted by atomic mass is 9.76. The van der Waals surface area contributed by atoms with Gasteiger partial charge in [0.15, 0.2) is 0 Å². The standard InChI is InChI=1S/C30H28N4O4/c1-37-25-13-6-14-26(38-2)28(25)34-30(36)24-12-5-11-23(32-24)29(35)33-22-16-15-19-8-3-4-10-21(19)27(22)20-9-7-17-31-18-20/h3-14,17-18,22,27H,15-16H2,1-2H3,(H,33,35)(H,34,36). The van der Waals surface area contributed by atoms with Crippen LogP contribution in [0, 0.1) is 0 Å². The zero-order valence-electron chi connectivity index (χ0n) is 21.2. The van der Waals surface area contributed by atoms with E-state index < -0.39 is 5.91 Å². The number of carbonyl (C=O) groups excluding carboxylic acids is 2. The van der Waals surface area contributed by atoms with Crippen LogP contribution in [0.3, 0.4) is 0 Å². The van der Waals surface area contributed by atoms with Gasteiger partial charge in [-0.3, -0.25) is 14.6 Å². The van der Waals surface area contributed by atoms with Crippen LogP contribution in [0.4, 0.5) is 5.69 Å². The van der Waals surface area contributed by atoms with Crippen molar-refractivity contribution in [2.45, 2.75) is 24.8 Å². The third-order valence-corrected chi connectivity index (χ3v) is 6.76. The summed E-state index contributed by atoms with van der Waals surface area (Å²) >= 11 is 0. The molecule has 0 bridgehead atoms. The second-order valence-electron chi connectivity index (χ2n) is 8.98. The van der Waals surface area contributed by atoms with Gasteiger partial charge in [-0.1, -0.05) is 42.5 Å². The molecule has 0 radical (unpaired) electrons. The molecule has 192 valence electrons. The van der Waals surface area contributed by atoms with Crippen LogP contribution >= 0.6 is 0 Å². The smallest absolute Gasteiger partial charge is 0.274 e. The number of amides is 2. The fraction of sp³-hybridized carbons (Fsp3) is 0.200. The van der Waals surface area contributed by atoms with Crippen LogP contribution < -0.4 is 20.1 Å². The van der Waals surface area contributed by atoms with Crippen LogP contribution in [0.15, 0.2) is 85.2 Å². The molecule has 0 spiro atoms. The van der Waals surface area contributed by atoms with Crippen LogP contribution in [0.2, 0.25) is 0 Å². The van der Waals surface area contributed by atoms with Crippen molar-refractivity contribution in [2.75, 3.05) is 19.5 Å². The van der Waals surface area contributed by atoms with Crippen LogP contribution in [-0.2, 0) is 6.42 Å². The first-order valence-electron chi connectivity index (χ1n) is 12.4. The van der Waals surface area contributed by atoms with Gasteiger partial charge in [0.2, 0.25) is 0 Å². The molecule has 38 heavy (non-hydrogen) atoms. The molecule has 2 unspecified atom stereocenters. The van der Waals surface area contributed by atoms with Crippen LogP contribution in [-0.4, -0.2) is 42.0 Å². The molecule has 0 saturated heterocycles. The van der Waals surface area contributed by atoms with Gasteiger partial charge in [0.25, 0.3) is 11.8 Å². The first-order valence-corrected chi connectivity index (χ1v) is 12.4. The van der Waals surface area contributed by atoms with Gasteiger partial charge in [0.05, 0.1) is 14.2 Å². The topological polar surface area (TPSA) is 102 Å². The van der Waals surface area contributed by atoms with Gasteiger partial charge in [0.1, 0.15) is 28.6 Å². The summed E-state index contributed by atoms with van der Waals surface area (Å²) in [4.78, 5) is 35.1. The Balaban J connectivity index is 1.38. The number of ether oxygens (including phenoxy) is 2. The summed E-state index contributed by atoms with van der Waals surface area (Å²) in [5.41, 5.74) is 4.15. The summed E-state index contributed by atoms with van der Waals surface area (Å²) in [6.45, 7) is 0. The van der Waals surface area contributed by atoms with Crippen molar-refractivity contribution < 1.29 is 19.1 Å². The Hall–Kier alpha value is -4.72. The average Bonchev–Trinajstić information content (AvgIpc) is 2.97. The molecule has 2 heterocycles. The number of aryl methyl sites for hydroxylation is 1. The van der Waals surface area contributed by atoms with Gasteiger partial charge < -0.3 is 20.1 Å². The highest BCUT2D eigenvalue weighted by atomic mass is 16.5. The fourth-order valence-electron chi connectivity index (χ4n) is 4.97. The molecule has 2 amide bonds. The van der Waals surface area contributed by atoms with Crippen molar-refractivity contribution in [3.05, 3.63) is 113 Å². The second kappa shape index (κ2) is 11.1. The van der Waals surface area contributed by atoms with Gasteiger partial charge in [-0.05, 0) is 59.9 Å². The SMILES string of the molecule is COc1cccc(OC)c1NC(=O)c1cccc(C(=O)NC2CCc3ccccc3C2c2cccnc2)n1. The molecule has 0 saturated carbocycles. The molecule has 0 fully saturated rings. The molecule has 2 atom stereocenters. The highest BCUT2D eigenvalue weighted by molar-refractivity contribution is 6.05. The number of para-hydroxylation sites is 1. The molecule has 2 N–H and O–H groups in total. The maximum atomic E-state index is 13.4. The molecule has 8 nitrogen and oxygen atoms in total.